The van der Waals surface area contributed by atoms with E-state index in [9.17, 15) is 4.79 Å². The molecule has 0 fully saturated rings. The van der Waals surface area contributed by atoms with Crippen LogP contribution in [0.1, 0.15) is 34.1 Å². The third kappa shape index (κ3) is 6.47. The summed E-state index contributed by atoms with van der Waals surface area (Å²) in [6.07, 6.45) is 0.769. The molecule has 0 unspecified atom stereocenters. The SMILES string of the molecule is CCOCOCCOC(=O)C(C)(C)CC. The fourth-order valence-corrected chi connectivity index (χ4v) is 0.734. The maximum absolute atomic E-state index is 11.5. The lowest BCUT2D eigenvalue weighted by Gasteiger charge is -2.20. The lowest BCUT2D eigenvalue weighted by Crippen LogP contribution is -2.27. The highest BCUT2D eigenvalue weighted by atomic mass is 16.7. The van der Waals surface area contributed by atoms with Crippen LogP contribution in [-0.2, 0) is 19.0 Å². The molecule has 0 aliphatic carbocycles. The minimum absolute atomic E-state index is 0.176. The van der Waals surface area contributed by atoms with Gasteiger partial charge in [0, 0.05) is 6.61 Å². The predicted octanol–water partition coefficient (Wildman–Crippen LogP) is 1.98. The van der Waals surface area contributed by atoms with Gasteiger partial charge in [0.2, 0.25) is 0 Å². The molecule has 0 aliphatic heterocycles. The van der Waals surface area contributed by atoms with Crippen LogP contribution < -0.4 is 0 Å². The van der Waals surface area contributed by atoms with Crippen LogP contribution in [0.15, 0.2) is 0 Å². The molecule has 0 radical (unpaired) electrons. The Labute approximate surface area is 91.9 Å². The number of carbonyl (C=O) groups excluding carboxylic acids is 1. The summed E-state index contributed by atoms with van der Waals surface area (Å²) in [6, 6.07) is 0. The van der Waals surface area contributed by atoms with E-state index in [0.717, 1.165) is 6.42 Å². The van der Waals surface area contributed by atoms with Crippen molar-refractivity contribution in [2.45, 2.75) is 34.1 Å². The number of rotatable bonds is 8. The first-order chi connectivity index (χ1) is 7.04. The summed E-state index contributed by atoms with van der Waals surface area (Å²) in [5.74, 6) is -0.176. The molecule has 0 rings (SSSR count). The molecule has 15 heavy (non-hydrogen) atoms. The standard InChI is InChI=1S/C11H22O4/c1-5-11(3,4)10(12)15-8-7-14-9-13-6-2/h5-9H2,1-4H3. The summed E-state index contributed by atoms with van der Waals surface area (Å²) in [6.45, 7) is 9.15. The van der Waals surface area contributed by atoms with Gasteiger partial charge in [0.15, 0.2) is 0 Å². The number of ether oxygens (including phenoxy) is 3. The van der Waals surface area contributed by atoms with Gasteiger partial charge in [0.05, 0.1) is 12.0 Å². The zero-order valence-corrected chi connectivity index (χ0v) is 10.2. The Morgan fingerprint density at radius 2 is 1.80 bits per heavy atom. The molecule has 90 valence electrons. The van der Waals surface area contributed by atoms with Crippen molar-refractivity contribution in [3.8, 4) is 0 Å². The molecule has 0 aromatic rings. The van der Waals surface area contributed by atoms with E-state index >= 15 is 0 Å². The second-order valence-electron chi connectivity index (χ2n) is 3.89. The van der Waals surface area contributed by atoms with Gasteiger partial charge in [-0.3, -0.25) is 4.79 Å². The predicted molar refractivity (Wildman–Crippen MR) is 57.5 cm³/mol. The molecule has 0 aliphatic rings. The second kappa shape index (κ2) is 7.65. The Kier molecular flexibility index (Phi) is 7.34. The summed E-state index contributed by atoms with van der Waals surface area (Å²) in [4.78, 5) is 11.5. The van der Waals surface area contributed by atoms with Crippen molar-refractivity contribution in [2.24, 2.45) is 5.41 Å². The average molecular weight is 218 g/mol. The Balaban J connectivity index is 3.47. The molecule has 0 saturated heterocycles. The molecule has 4 heteroatoms. The van der Waals surface area contributed by atoms with Crippen molar-refractivity contribution in [1.82, 2.24) is 0 Å². The fraction of sp³-hybridized carbons (Fsp3) is 0.909. The molecule has 4 nitrogen and oxygen atoms in total. The first kappa shape index (κ1) is 14.4. The maximum atomic E-state index is 11.5. The zero-order valence-electron chi connectivity index (χ0n) is 10.2. The normalized spacial score (nSPS) is 11.5. The van der Waals surface area contributed by atoms with Crippen molar-refractivity contribution >= 4 is 5.97 Å². The van der Waals surface area contributed by atoms with Crippen LogP contribution >= 0.6 is 0 Å². The Bertz CT molecular complexity index is 177. The molecule has 0 heterocycles. The van der Waals surface area contributed by atoms with E-state index in [-0.39, 0.29) is 19.4 Å². The highest BCUT2D eigenvalue weighted by Crippen LogP contribution is 2.21. The van der Waals surface area contributed by atoms with Crippen LogP contribution in [0.3, 0.4) is 0 Å². The van der Waals surface area contributed by atoms with Crippen LogP contribution in [0.4, 0.5) is 0 Å². The van der Waals surface area contributed by atoms with Gasteiger partial charge in [-0.2, -0.15) is 0 Å². The van der Waals surface area contributed by atoms with Gasteiger partial charge in [-0.05, 0) is 27.2 Å². The van der Waals surface area contributed by atoms with Gasteiger partial charge >= 0.3 is 5.97 Å². The number of carbonyl (C=O) groups is 1. The Hall–Kier alpha value is -0.610. The van der Waals surface area contributed by atoms with E-state index in [4.69, 9.17) is 14.2 Å². The van der Waals surface area contributed by atoms with Crippen molar-refractivity contribution in [3.05, 3.63) is 0 Å². The van der Waals surface area contributed by atoms with E-state index in [1.165, 1.54) is 0 Å². The molecular weight excluding hydrogens is 196 g/mol. The Morgan fingerprint density at radius 3 is 2.33 bits per heavy atom. The van der Waals surface area contributed by atoms with Crippen molar-refractivity contribution in [2.75, 3.05) is 26.6 Å². The van der Waals surface area contributed by atoms with Crippen molar-refractivity contribution in [3.63, 3.8) is 0 Å². The Morgan fingerprint density at radius 1 is 1.13 bits per heavy atom. The van der Waals surface area contributed by atoms with E-state index in [1.54, 1.807) is 0 Å². The lowest BCUT2D eigenvalue weighted by molar-refractivity contribution is -0.157. The van der Waals surface area contributed by atoms with Crippen LogP contribution in [-0.4, -0.2) is 32.6 Å². The van der Waals surface area contributed by atoms with Crippen LogP contribution in [0.5, 0.6) is 0 Å². The average Bonchev–Trinajstić information content (AvgIpc) is 2.22. The number of esters is 1. The third-order valence-corrected chi connectivity index (χ3v) is 2.27. The second-order valence-corrected chi connectivity index (χ2v) is 3.89. The quantitative estimate of drug-likeness (QED) is 0.355. The molecule has 0 N–H and O–H groups in total. The molecule has 0 aromatic carbocycles. The molecule has 0 aromatic heterocycles. The lowest BCUT2D eigenvalue weighted by atomic mass is 9.91. The summed E-state index contributed by atoms with van der Waals surface area (Å²) in [5.41, 5.74) is -0.403. The summed E-state index contributed by atoms with van der Waals surface area (Å²) in [5, 5.41) is 0. The van der Waals surface area contributed by atoms with E-state index in [1.807, 2.05) is 27.7 Å². The molecule has 0 bridgehead atoms. The van der Waals surface area contributed by atoms with E-state index in [2.05, 4.69) is 0 Å². The van der Waals surface area contributed by atoms with Crippen LogP contribution in [0, 0.1) is 5.41 Å². The highest BCUT2D eigenvalue weighted by Gasteiger charge is 2.26. The van der Waals surface area contributed by atoms with Gasteiger partial charge in [-0.25, -0.2) is 0 Å². The smallest absolute Gasteiger partial charge is 0.311 e. The number of hydrogen-bond donors (Lipinski definition) is 0. The van der Waals surface area contributed by atoms with E-state index in [0.29, 0.717) is 13.2 Å². The summed E-state index contributed by atoms with van der Waals surface area (Å²) in [7, 11) is 0. The molecule has 0 amide bonds. The van der Waals surface area contributed by atoms with Crippen LogP contribution in [0.25, 0.3) is 0 Å². The summed E-state index contributed by atoms with van der Waals surface area (Å²) < 4.78 is 15.1. The van der Waals surface area contributed by atoms with Gasteiger partial charge in [-0.1, -0.05) is 6.92 Å². The molecule has 0 atom stereocenters. The van der Waals surface area contributed by atoms with Gasteiger partial charge in [0.25, 0.3) is 0 Å². The topological polar surface area (TPSA) is 44.8 Å². The minimum Gasteiger partial charge on any atom is -0.463 e. The zero-order chi connectivity index (χ0) is 11.7. The largest absolute Gasteiger partial charge is 0.463 e. The highest BCUT2D eigenvalue weighted by molar-refractivity contribution is 5.75. The summed E-state index contributed by atoms with van der Waals surface area (Å²) >= 11 is 0. The monoisotopic (exact) mass is 218 g/mol. The van der Waals surface area contributed by atoms with E-state index < -0.39 is 5.41 Å². The fourth-order valence-electron chi connectivity index (χ4n) is 0.734. The van der Waals surface area contributed by atoms with Crippen molar-refractivity contribution < 1.29 is 19.0 Å². The number of hydrogen-bond acceptors (Lipinski definition) is 4. The van der Waals surface area contributed by atoms with Crippen LogP contribution in [0.2, 0.25) is 0 Å². The first-order valence-corrected chi connectivity index (χ1v) is 5.37. The van der Waals surface area contributed by atoms with Gasteiger partial charge in [-0.15, -0.1) is 0 Å². The third-order valence-electron chi connectivity index (χ3n) is 2.27. The van der Waals surface area contributed by atoms with Gasteiger partial charge < -0.3 is 14.2 Å². The maximum Gasteiger partial charge on any atom is 0.311 e. The molecule has 0 saturated carbocycles. The van der Waals surface area contributed by atoms with Crippen molar-refractivity contribution in [1.29, 1.82) is 0 Å². The first-order valence-electron chi connectivity index (χ1n) is 5.37. The molecular formula is C11H22O4. The minimum atomic E-state index is -0.403. The van der Waals surface area contributed by atoms with Gasteiger partial charge in [0.1, 0.15) is 13.4 Å². The molecule has 0 spiro atoms.